The normalized spacial score (nSPS) is 13.1. The zero-order chi connectivity index (χ0) is 23.6. The molecule has 1 amide bonds. The van der Waals surface area contributed by atoms with Crippen molar-refractivity contribution in [2.24, 2.45) is 23.9 Å². The molecule has 0 bridgehead atoms. The van der Waals surface area contributed by atoms with Crippen molar-refractivity contribution < 1.29 is 13.2 Å². The fourth-order valence-electron chi connectivity index (χ4n) is 3.37. The van der Waals surface area contributed by atoms with Crippen LogP contribution in [0.25, 0.3) is 10.2 Å². The molecule has 0 aliphatic rings. The number of thiazole rings is 1. The summed E-state index contributed by atoms with van der Waals surface area (Å²) in [6.07, 6.45) is 0. The van der Waals surface area contributed by atoms with E-state index in [1.54, 1.807) is 0 Å². The number of hydrogen-bond donors (Lipinski definition) is 0. The third-order valence-electron chi connectivity index (χ3n) is 4.85. The van der Waals surface area contributed by atoms with Gasteiger partial charge in [-0.25, -0.2) is 8.42 Å². The average Bonchev–Trinajstić information content (AvgIpc) is 3.01. The van der Waals surface area contributed by atoms with Crippen LogP contribution in [0.5, 0.6) is 0 Å². The number of fused-ring (bicyclic) bond motifs is 1. The van der Waals surface area contributed by atoms with Crippen molar-refractivity contribution in [3.8, 4) is 0 Å². The van der Waals surface area contributed by atoms with Crippen LogP contribution in [0.2, 0.25) is 0 Å². The van der Waals surface area contributed by atoms with Gasteiger partial charge in [-0.05, 0) is 54.3 Å². The van der Waals surface area contributed by atoms with Gasteiger partial charge >= 0.3 is 0 Å². The Labute approximate surface area is 201 Å². The Hall–Kier alpha value is -1.81. The molecule has 9 heteroatoms. The third kappa shape index (κ3) is 5.57. The first-order chi connectivity index (χ1) is 15.0. The Balaban J connectivity index is 1.90. The summed E-state index contributed by atoms with van der Waals surface area (Å²) >= 11 is 4.89. The van der Waals surface area contributed by atoms with Crippen LogP contribution < -0.4 is 4.80 Å². The number of halogens is 1. The number of amides is 1. The Morgan fingerprint density at radius 1 is 1.06 bits per heavy atom. The van der Waals surface area contributed by atoms with Crippen LogP contribution in [-0.4, -0.2) is 36.3 Å². The minimum absolute atomic E-state index is 0.188. The van der Waals surface area contributed by atoms with Gasteiger partial charge in [-0.3, -0.25) is 4.79 Å². The van der Waals surface area contributed by atoms with Gasteiger partial charge in [0.05, 0.1) is 15.1 Å². The second kappa shape index (κ2) is 9.99. The number of rotatable bonds is 7. The standard InChI is InChI=1S/C23H28BrN3O3S2/c1-15(2)13-27(14-16(3)4)32(29,30)19-9-6-17(7-10-19)22(28)25-23-26(5)20-11-8-18(24)12-21(20)31-23/h6-12,15-16H,13-14H2,1-5H3. The van der Waals surface area contributed by atoms with Gasteiger partial charge in [-0.2, -0.15) is 9.30 Å². The molecule has 2 aromatic carbocycles. The summed E-state index contributed by atoms with van der Waals surface area (Å²) < 4.78 is 31.7. The molecule has 0 N–H and O–H groups in total. The molecule has 3 aromatic rings. The van der Waals surface area contributed by atoms with Gasteiger partial charge < -0.3 is 4.57 Å². The summed E-state index contributed by atoms with van der Waals surface area (Å²) in [5.41, 5.74) is 1.34. The topological polar surface area (TPSA) is 71.7 Å². The van der Waals surface area contributed by atoms with E-state index in [-0.39, 0.29) is 16.7 Å². The van der Waals surface area contributed by atoms with Gasteiger partial charge in [0.25, 0.3) is 5.91 Å². The second-order valence-electron chi connectivity index (χ2n) is 8.61. The van der Waals surface area contributed by atoms with Crippen molar-refractivity contribution in [3.63, 3.8) is 0 Å². The van der Waals surface area contributed by atoms with Gasteiger partial charge in [0.15, 0.2) is 4.80 Å². The lowest BCUT2D eigenvalue weighted by Gasteiger charge is -2.25. The summed E-state index contributed by atoms with van der Waals surface area (Å²) in [5, 5.41) is 0. The molecule has 0 aliphatic carbocycles. The van der Waals surface area contributed by atoms with E-state index in [9.17, 15) is 13.2 Å². The number of benzene rings is 2. The van der Waals surface area contributed by atoms with Gasteiger partial charge in [0.1, 0.15) is 0 Å². The van der Waals surface area contributed by atoms with E-state index in [2.05, 4.69) is 20.9 Å². The van der Waals surface area contributed by atoms with Crippen LogP contribution in [-0.2, 0) is 17.1 Å². The molecule has 0 fully saturated rings. The second-order valence-corrected chi connectivity index (χ2v) is 12.5. The van der Waals surface area contributed by atoms with E-state index in [4.69, 9.17) is 0 Å². The molecule has 0 atom stereocenters. The van der Waals surface area contributed by atoms with Crippen molar-refractivity contribution >= 4 is 53.4 Å². The molecular formula is C23H28BrN3O3S2. The lowest BCUT2D eigenvalue weighted by atomic mass is 10.2. The molecule has 0 spiro atoms. The minimum Gasteiger partial charge on any atom is -0.319 e. The molecule has 3 rings (SSSR count). The van der Waals surface area contributed by atoms with Crippen molar-refractivity contribution in [2.45, 2.75) is 32.6 Å². The number of nitrogens with zero attached hydrogens (tertiary/aromatic N) is 3. The molecule has 6 nitrogen and oxygen atoms in total. The number of carbonyl (C=O) groups is 1. The number of hydrogen-bond acceptors (Lipinski definition) is 4. The first-order valence-electron chi connectivity index (χ1n) is 10.4. The van der Waals surface area contributed by atoms with Gasteiger partial charge in [0, 0.05) is 30.2 Å². The third-order valence-corrected chi connectivity index (χ3v) is 8.28. The molecule has 172 valence electrons. The summed E-state index contributed by atoms with van der Waals surface area (Å²) in [6.45, 7) is 8.90. The van der Waals surface area contributed by atoms with Crippen molar-refractivity contribution in [1.82, 2.24) is 8.87 Å². The lowest BCUT2D eigenvalue weighted by Crippen LogP contribution is -2.37. The number of aromatic nitrogens is 1. The van der Waals surface area contributed by atoms with Crippen LogP contribution in [0.3, 0.4) is 0 Å². The van der Waals surface area contributed by atoms with Crippen molar-refractivity contribution in [2.75, 3.05) is 13.1 Å². The molecule has 0 aliphatic heterocycles. The van der Waals surface area contributed by atoms with E-state index in [1.807, 2.05) is 57.5 Å². The largest absolute Gasteiger partial charge is 0.319 e. The van der Waals surface area contributed by atoms with Crippen LogP contribution in [0.4, 0.5) is 0 Å². The Bertz CT molecular complexity index is 1280. The van der Waals surface area contributed by atoms with Crippen LogP contribution >= 0.6 is 27.3 Å². The average molecular weight is 539 g/mol. The maximum atomic E-state index is 13.2. The SMILES string of the molecule is CC(C)CN(CC(C)C)S(=O)(=O)c1ccc(C(=O)N=c2sc3cc(Br)ccc3n2C)cc1. The molecule has 0 radical (unpaired) electrons. The first kappa shape index (κ1) is 24.8. The van der Waals surface area contributed by atoms with Gasteiger partial charge in [-0.1, -0.05) is 55.0 Å². The molecule has 0 saturated heterocycles. The molecule has 1 aromatic heterocycles. The Morgan fingerprint density at radius 2 is 1.66 bits per heavy atom. The van der Waals surface area contributed by atoms with Crippen LogP contribution in [0.15, 0.2) is 56.8 Å². The Kier molecular flexibility index (Phi) is 7.75. The minimum atomic E-state index is -3.64. The summed E-state index contributed by atoms with van der Waals surface area (Å²) in [4.78, 5) is 17.8. The Morgan fingerprint density at radius 3 is 2.22 bits per heavy atom. The zero-order valence-electron chi connectivity index (χ0n) is 18.9. The smallest absolute Gasteiger partial charge is 0.279 e. The molecule has 0 unspecified atom stereocenters. The quantitative estimate of drug-likeness (QED) is 0.423. The highest BCUT2D eigenvalue weighted by molar-refractivity contribution is 9.10. The van der Waals surface area contributed by atoms with Crippen molar-refractivity contribution in [3.05, 3.63) is 57.3 Å². The summed E-state index contributed by atoms with van der Waals surface area (Å²) in [7, 11) is -1.77. The fraction of sp³-hybridized carbons (Fsp3) is 0.391. The zero-order valence-corrected chi connectivity index (χ0v) is 22.1. The van der Waals surface area contributed by atoms with Crippen LogP contribution in [0.1, 0.15) is 38.1 Å². The fourth-order valence-corrected chi connectivity index (χ4v) is 6.71. The van der Waals surface area contributed by atoms with E-state index >= 15 is 0 Å². The molecular weight excluding hydrogens is 510 g/mol. The predicted octanol–water partition coefficient (Wildman–Crippen LogP) is 5.05. The van der Waals surface area contributed by atoms with Gasteiger partial charge in [-0.15, -0.1) is 0 Å². The monoisotopic (exact) mass is 537 g/mol. The number of aryl methyl sites for hydroxylation is 1. The highest BCUT2D eigenvalue weighted by Gasteiger charge is 2.26. The van der Waals surface area contributed by atoms with Gasteiger partial charge in [0.2, 0.25) is 10.0 Å². The first-order valence-corrected chi connectivity index (χ1v) is 13.5. The summed E-state index contributed by atoms with van der Waals surface area (Å²) in [6, 6.07) is 12.0. The predicted molar refractivity (Wildman–Crippen MR) is 133 cm³/mol. The maximum Gasteiger partial charge on any atom is 0.279 e. The van der Waals surface area contributed by atoms with E-state index < -0.39 is 15.9 Å². The number of sulfonamides is 1. The van der Waals surface area contributed by atoms with E-state index in [0.29, 0.717) is 23.5 Å². The number of carbonyl (C=O) groups excluding carboxylic acids is 1. The van der Waals surface area contributed by atoms with E-state index in [1.165, 1.54) is 39.9 Å². The highest BCUT2D eigenvalue weighted by atomic mass is 79.9. The molecule has 0 saturated carbocycles. The highest BCUT2D eigenvalue weighted by Crippen LogP contribution is 2.22. The molecule has 32 heavy (non-hydrogen) atoms. The van der Waals surface area contributed by atoms with Crippen LogP contribution in [0, 0.1) is 11.8 Å². The summed E-state index contributed by atoms with van der Waals surface area (Å²) in [5.74, 6) is 0.0214. The molecule has 1 heterocycles. The van der Waals surface area contributed by atoms with E-state index in [0.717, 1.165) is 14.7 Å². The van der Waals surface area contributed by atoms with Crippen molar-refractivity contribution in [1.29, 1.82) is 0 Å². The lowest BCUT2D eigenvalue weighted by molar-refractivity contribution is 0.0998. The maximum absolute atomic E-state index is 13.2.